The zero-order chi connectivity index (χ0) is 30.7. The number of hydrogen-bond donors (Lipinski definition) is 2. The maximum atomic E-state index is 13.7. The third kappa shape index (κ3) is 6.33. The molecule has 1 aliphatic carbocycles. The van der Waals surface area contributed by atoms with Gasteiger partial charge in [-0.15, -0.1) is 0 Å². The lowest BCUT2D eigenvalue weighted by Gasteiger charge is -2.23. The van der Waals surface area contributed by atoms with E-state index in [4.69, 9.17) is 28.8 Å². The molecule has 3 aliphatic heterocycles. The molecule has 4 aliphatic rings. The molecule has 2 aromatic carbocycles. The van der Waals surface area contributed by atoms with Gasteiger partial charge in [0.05, 0.1) is 41.7 Å². The average Bonchev–Trinajstić information content (AvgIpc) is 3.80. The van der Waals surface area contributed by atoms with Crippen LogP contribution in [0.25, 0.3) is 0 Å². The van der Waals surface area contributed by atoms with E-state index in [1.54, 1.807) is 0 Å². The minimum Gasteiger partial charge on any atom is -0.479 e. The first-order chi connectivity index (χ1) is 20.7. The number of fused-ring (bicyclic) bond motifs is 2. The first kappa shape index (κ1) is 30.0. The van der Waals surface area contributed by atoms with Gasteiger partial charge in [-0.3, -0.25) is 19.2 Å². The molecular formula is C30H28O13. The topological polar surface area (TPSA) is 189 Å². The first-order valence-electron chi connectivity index (χ1n) is 13.7. The fourth-order valence-electron chi connectivity index (χ4n) is 5.14. The summed E-state index contributed by atoms with van der Waals surface area (Å²) >= 11 is 0. The number of hydrogen-bond acceptors (Lipinski definition) is 11. The van der Waals surface area contributed by atoms with Crippen LogP contribution in [0.3, 0.4) is 0 Å². The van der Waals surface area contributed by atoms with Crippen LogP contribution in [0.1, 0.15) is 67.9 Å². The molecule has 13 nitrogen and oxygen atoms in total. The highest BCUT2D eigenvalue weighted by Gasteiger charge is 2.38. The molecule has 13 heteroatoms. The summed E-state index contributed by atoms with van der Waals surface area (Å²) < 4.78 is 26.2. The second-order valence-corrected chi connectivity index (χ2v) is 10.3. The second-order valence-electron chi connectivity index (χ2n) is 10.3. The molecule has 3 unspecified atom stereocenters. The first-order valence-corrected chi connectivity index (χ1v) is 13.7. The smallest absolute Gasteiger partial charge is 0.335 e. The molecule has 2 N–H and O–H groups in total. The Labute approximate surface area is 244 Å². The zero-order valence-electron chi connectivity index (χ0n) is 22.9. The highest BCUT2D eigenvalue weighted by Crippen LogP contribution is 2.39. The Bertz CT molecular complexity index is 1480. The van der Waals surface area contributed by atoms with E-state index in [2.05, 4.69) is 0 Å². The summed E-state index contributed by atoms with van der Waals surface area (Å²) in [5.41, 5.74) is -0.975. The number of carboxylic acid groups (broad SMARTS) is 2. The number of ketones is 2. The summed E-state index contributed by atoms with van der Waals surface area (Å²) in [5.74, 6) is -6.36. The van der Waals surface area contributed by atoms with Crippen molar-refractivity contribution in [2.24, 2.45) is 11.8 Å². The van der Waals surface area contributed by atoms with Crippen LogP contribution in [-0.4, -0.2) is 84.8 Å². The van der Waals surface area contributed by atoms with Crippen molar-refractivity contribution in [3.8, 4) is 11.5 Å². The maximum Gasteiger partial charge on any atom is 0.335 e. The monoisotopic (exact) mass is 596 g/mol. The third-order valence-corrected chi connectivity index (χ3v) is 7.47. The summed E-state index contributed by atoms with van der Waals surface area (Å²) in [7, 11) is 0. The predicted molar refractivity (Wildman–Crippen MR) is 142 cm³/mol. The molecule has 3 saturated heterocycles. The molecule has 3 fully saturated rings. The van der Waals surface area contributed by atoms with Gasteiger partial charge in [0.2, 0.25) is 5.78 Å². The summed E-state index contributed by atoms with van der Waals surface area (Å²) in [6.07, 6.45) is 1.94. The molecule has 2 aromatic rings. The standard InChI is InChI=1S/C25H20O10.C5H8O3/c26-21-15-2-1-3-17(34-24(30)12-4-6-32-10-12)19(15)22(27)20-16(21)8-14(23(28)29)9-18(20)35-25(31)13-5-7-33-11-13;6-5(7)4-2-1-3-8-4/h1-3,8-9,12-13H,4-7,10-11H2,(H,28,29);4H,1-3H2,(H,6,7). The lowest BCUT2D eigenvalue weighted by atomic mass is 9.82. The highest BCUT2D eigenvalue weighted by molar-refractivity contribution is 6.30. The minimum absolute atomic E-state index is 0.0421. The van der Waals surface area contributed by atoms with Gasteiger partial charge in [0.15, 0.2) is 11.9 Å². The number of rotatable bonds is 6. The molecule has 6 rings (SSSR count). The van der Waals surface area contributed by atoms with Crippen molar-refractivity contribution in [3.05, 3.63) is 58.1 Å². The Morgan fingerprint density at radius 2 is 1.37 bits per heavy atom. The summed E-state index contributed by atoms with van der Waals surface area (Å²) in [5, 5.41) is 17.8. The van der Waals surface area contributed by atoms with Gasteiger partial charge in [-0.1, -0.05) is 12.1 Å². The molecule has 0 bridgehead atoms. The van der Waals surface area contributed by atoms with E-state index in [1.807, 2.05) is 0 Å². The number of aromatic carboxylic acids is 1. The van der Waals surface area contributed by atoms with Gasteiger partial charge < -0.3 is 33.9 Å². The van der Waals surface area contributed by atoms with Gasteiger partial charge in [0.25, 0.3) is 0 Å². The van der Waals surface area contributed by atoms with Gasteiger partial charge in [-0.2, -0.15) is 0 Å². The number of ether oxygens (including phenoxy) is 5. The van der Waals surface area contributed by atoms with Crippen LogP contribution in [0.5, 0.6) is 11.5 Å². The van der Waals surface area contributed by atoms with Gasteiger partial charge >= 0.3 is 23.9 Å². The van der Waals surface area contributed by atoms with Crippen molar-refractivity contribution in [1.29, 1.82) is 0 Å². The number of esters is 2. The largest absolute Gasteiger partial charge is 0.479 e. The molecule has 0 amide bonds. The molecular weight excluding hydrogens is 568 g/mol. The Morgan fingerprint density at radius 1 is 0.744 bits per heavy atom. The van der Waals surface area contributed by atoms with Gasteiger partial charge in [0, 0.05) is 30.9 Å². The van der Waals surface area contributed by atoms with Crippen molar-refractivity contribution in [3.63, 3.8) is 0 Å². The van der Waals surface area contributed by atoms with Crippen molar-refractivity contribution < 1.29 is 62.7 Å². The van der Waals surface area contributed by atoms with E-state index in [1.165, 1.54) is 18.2 Å². The van der Waals surface area contributed by atoms with Crippen molar-refractivity contribution >= 4 is 35.4 Å². The molecule has 0 saturated carbocycles. The van der Waals surface area contributed by atoms with Gasteiger partial charge in [-0.05, 0) is 43.9 Å². The van der Waals surface area contributed by atoms with E-state index in [0.29, 0.717) is 39.1 Å². The Balaban J connectivity index is 0.000000400. The maximum absolute atomic E-state index is 13.7. The van der Waals surface area contributed by atoms with Crippen molar-refractivity contribution in [1.82, 2.24) is 0 Å². The Morgan fingerprint density at radius 3 is 1.88 bits per heavy atom. The van der Waals surface area contributed by atoms with Crippen LogP contribution in [0.15, 0.2) is 30.3 Å². The average molecular weight is 597 g/mol. The predicted octanol–water partition coefficient (Wildman–Crippen LogP) is 2.29. The van der Waals surface area contributed by atoms with E-state index in [9.17, 15) is 33.9 Å². The fraction of sp³-hybridized carbons (Fsp3) is 0.400. The van der Waals surface area contributed by atoms with Crippen LogP contribution in [-0.2, 0) is 28.6 Å². The molecule has 3 atom stereocenters. The fourth-order valence-corrected chi connectivity index (χ4v) is 5.14. The van der Waals surface area contributed by atoms with Crippen LogP contribution in [0.2, 0.25) is 0 Å². The van der Waals surface area contributed by atoms with Gasteiger partial charge in [-0.25, -0.2) is 9.59 Å². The molecule has 43 heavy (non-hydrogen) atoms. The normalized spacial score (nSPS) is 22.2. The Kier molecular flexibility index (Phi) is 8.94. The van der Waals surface area contributed by atoms with Crippen LogP contribution in [0, 0.1) is 11.8 Å². The third-order valence-electron chi connectivity index (χ3n) is 7.47. The lowest BCUT2D eigenvalue weighted by Crippen LogP contribution is -2.27. The molecule has 226 valence electrons. The number of carbonyl (C=O) groups excluding carboxylic acids is 4. The van der Waals surface area contributed by atoms with E-state index < -0.39 is 53.4 Å². The minimum atomic E-state index is -1.36. The van der Waals surface area contributed by atoms with E-state index in [0.717, 1.165) is 18.6 Å². The lowest BCUT2D eigenvalue weighted by molar-refractivity contribution is -0.147. The van der Waals surface area contributed by atoms with E-state index in [-0.39, 0.29) is 52.5 Å². The van der Waals surface area contributed by atoms with Crippen LogP contribution in [0.4, 0.5) is 0 Å². The summed E-state index contributed by atoms with van der Waals surface area (Å²) in [6, 6.07) is 6.37. The Hall–Kier alpha value is -4.46. The molecule has 0 radical (unpaired) electrons. The van der Waals surface area contributed by atoms with Crippen molar-refractivity contribution in [2.45, 2.75) is 31.8 Å². The number of carbonyl (C=O) groups is 6. The highest BCUT2D eigenvalue weighted by atomic mass is 16.6. The molecule has 0 spiro atoms. The number of aliphatic carboxylic acids is 1. The van der Waals surface area contributed by atoms with Gasteiger partial charge in [0.1, 0.15) is 11.5 Å². The number of benzene rings is 2. The molecule has 0 aromatic heterocycles. The zero-order valence-corrected chi connectivity index (χ0v) is 22.9. The quantitative estimate of drug-likeness (QED) is 0.312. The van der Waals surface area contributed by atoms with Crippen LogP contribution >= 0.6 is 0 Å². The summed E-state index contributed by atoms with van der Waals surface area (Å²) in [6.45, 7) is 1.74. The second kappa shape index (κ2) is 12.8. The van der Waals surface area contributed by atoms with E-state index >= 15 is 0 Å². The molecule has 3 heterocycles. The SMILES string of the molecule is O=C(O)C1CCCO1.O=C(O)c1cc(OC(=O)C2CCOC2)c2c(c1)C(=O)c1cccc(OC(=O)C3CCOC3)c1C2=O. The van der Waals surface area contributed by atoms with Crippen molar-refractivity contribution in [2.75, 3.05) is 33.0 Å². The number of carboxylic acids is 2. The summed E-state index contributed by atoms with van der Waals surface area (Å²) in [4.78, 5) is 74.0. The van der Waals surface area contributed by atoms with Crippen LogP contribution < -0.4 is 9.47 Å².